The average Bonchev–Trinajstić information content (AvgIpc) is 2.73. The van der Waals surface area contributed by atoms with Crippen molar-refractivity contribution >= 4 is 27.3 Å². The van der Waals surface area contributed by atoms with E-state index in [-0.39, 0.29) is 0 Å². The van der Waals surface area contributed by atoms with E-state index < -0.39 is 6.10 Å². The number of ether oxygens (including phenoxy) is 1. The number of hydrogen-bond donors (Lipinski definition) is 1. The standard InChI is InChI=1S/C13H14BrNO2S/c1-8-7-18-13(15-8)6-17-12-4-3-10(14)5-11(12)9(2)16/h3-5,7,9,16H,6H2,1-2H3. The zero-order valence-electron chi connectivity index (χ0n) is 10.2. The SMILES string of the molecule is Cc1csc(COc2ccc(Br)cc2C(C)O)n1. The van der Waals surface area contributed by atoms with Crippen LogP contribution in [-0.2, 0) is 6.61 Å². The number of hydrogen-bond acceptors (Lipinski definition) is 4. The molecule has 1 N–H and O–H groups in total. The minimum Gasteiger partial charge on any atom is -0.486 e. The lowest BCUT2D eigenvalue weighted by molar-refractivity contribution is 0.190. The van der Waals surface area contributed by atoms with Gasteiger partial charge in [-0.15, -0.1) is 11.3 Å². The van der Waals surface area contributed by atoms with Crippen molar-refractivity contribution in [1.29, 1.82) is 0 Å². The van der Waals surface area contributed by atoms with Crippen LogP contribution in [0.25, 0.3) is 0 Å². The highest BCUT2D eigenvalue weighted by molar-refractivity contribution is 9.10. The highest BCUT2D eigenvalue weighted by Gasteiger charge is 2.10. The van der Waals surface area contributed by atoms with Crippen molar-refractivity contribution in [3.63, 3.8) is 0 Å². The van der Waals surface area contributed by atoms with Crippen molar-refractivity contribution in [2.24, 2.45) is 0 Å². The Morgan fingerprint density at radius 1 is 1.50 bits per heavy atom. The largest absolute Gasteiger partial charge is 0.486 e. The lowest BCUT2D eigenvalue weighted by atomic mass is 10.1. The molecule has 0 aliphatic rings. The maximum Gasteiger partial charge on any atom is 0.140 e. The van der Waals surface area contributed by atoms with Gasteiger partial charge < -0.3 is 9.84 Å². The first kappa shape index (κ1) is 13.5. The van der Waals surface area contributed by atoms with Gasteiger partial charge in [0, 0.05) is 21.1 Å². The Balaban J connectivity index is 2.13. The molecule has 0 radical (unpaired) electrons. The Hall–Kier alpha value is -0.910. The monoisotopic (exact) mass is 327 g/mol. The van der Waals surface area contributed by atoms with E-state index >= 15 is 0 Å². The summed E-state index contributed by atoms with van der Waals surface area (Å²) in [6.45, 7) is 4.11. The van der Waals surface area contributed by atoms with Gasteiger partial charge in [-0.05, 0) is 32.0 Å². The lowest BCUT2D eigenvalue weighted by Crippen LogP contribution is -2.01. The van der Waals surface area contributed by atoms with Crippen LogP contribution in [0.15, 0.2) is 28.1 Å². The number of thiazole rings is 1. The normalized spacial score (nSPS) is 12.4. The third kappa shape index (κ3) is 3.31. The molecule has 1 atom stereocenters. The van der Waals surface area contributed by atoms with Gasteiger partial charge in [-0.3, -0.25) is 0 Å². The molecule has 1 heterocycles. The van der Waals surface area contributed by atoms with E-state index in [0.717, 1.165) is 20.7 Å². The van der Waals surface area contributed by atoms with Gasteiger partial charge in [-0.1, -0.05) is 15.9 Å². The van der Waals surface area contributed by atoms with Crippen LogP contribution in [0.3, 0.4) is 0 Å². The summed E-state index contributed by atoms with van der Waals surface area (Å²) in [5, 5.41) is 12.6. The fourth-order valence-corrected chi connectivity index (χ4v) is 2.65. The van der Waals surface area contributed by atoms with Crippen molar-refractivity contribution in [3.8, 4) is 5.75 Å². The highest BCUT2D eigenvalue weighted by atomic mass is 79.9. The minimum absolute atomic E-state index is 0.430. The summed E-state index contributed by atoms with van der Waals surface area (Å²) in [5.41, 5.74) is 1.78. The Morgan fingerprint density at radius 2 is 2.28 bits per heavy atom. The van der Waals surface area contributed by atoms with E-state index in [2.05, 4.69) is 20.9 Å². The van der Waals surface area contributed by atoms with Crippen LogP contribution < -0.4 is 4.74 Å². The zero-order valence-corrected chi connectivity index (χ0v) is 12.6. The fourth-order valence-electron chi connectivity index (χ4n) is 1.59. The van der Waals surface area contributed by atoms with Crippen molar-refractivity contribution in [2.45, 2.75) is 26.6 Å². The number of nitrogens with zero attached hydrogens (tertiary/aromatic N) is 1. The summed E-state index contributed by atoms with van der Waals surface area (Å²) in [6, 6.07) is 5.62. The predicted molar refractivity (Wildman–Crippen MR) is 76.0 cm³/mol. The smallest absolute Gasteiger partial charge is 0.140 e. The van der Waals surface area contributed by atoms with Crippen LogP contribution in [0.5, 0.6) is 5.75 Å². The Kier molecular flexibility index (Phi) is 4.37. The topological polar surface area (TPSA) is 42.4 Å². The second kappa shape index (κ2) is 5.82. The van der Waals surface area contributed by atoms with Crippen LogP contribution >= 0.6 is 27.3 Å². The summed E-state index contributed by atoms with van der Waals surface area (Å²) in [5.74, 6) is 0.695. The van der Waals surface area contributed by atoms with E-state index in [1.54, 1.807) is 18.3 Å². The van der Waals surface area contributed by atoms with Crippen LogP contribution in [0.2, 0.25) is 0 Å². The van der Waals surface area contributed by atoms with Crippen LogP contribution in [0, 0.1) is 6.92 Å². The molecular weight excluding hydrogens is 314 g/mol. The van der Waals surface area contributed by atoms with E-state index in [4.69, 9.17) is 4.74 Å². The van der Waals surface area contributed by atoms with Gasteiger partial charge in [0.15, 0.2) is 0 Å². The van der Waals surface area contributed by atoms with Gasteiger partial charge in [0.05, 0.1) is 6.10 Å². The lowest BCUT2D eigenvalue weighted by Gasteiger charge is -2.13. The number of aliphatic hydroxyl groups excluding tert-OH is 1. The summed E-state index contributed by atoms with van der Waals surface area (Å²) in [4.78, 5) is 4.34. The summed E-state index contributed by atoms with van der Waals surface area (Å²) < 4.78 is 6.65. The molecule has 0 fully saturated rings. The molecule has 1 unspecified atom stereocenters. The number of aliphatic hydroxyl groups is 1. The van der Waals surface area contributed by atoms with Crippen LogP contribution in [0.4, 0.5) is 0 Å². The van der Waals surface area contributed by atoms with Crippen molar-refractivity contribution in [3.05, 3.63) is 44.3 Å². The molecule has 0 spiro atoms. The molecule has 0 aliphatic carbocycles. The first-order valence-corrected chi connectivity index (χ1v) is 7.25. The maximum atomic E-state index is 9.72. The highest BCUT2D eigenvalue weighted by Crippen LogP contribution is 2.29. The van der Waals surface area contributed by atoms with E-state index in [1.807, 2.05) is 30.5 Å². The van der Waals surface area contributed by atoms with E-state index in [0.29, 0.717) is 12.4 Å². The summed E-state index contributed by atoms with van der Waals surface area (Å²) in [6.07, 6.45) is -0.560. The van der Waals surface area contributed by atoms with Crippen molar-refractivity contribution < 1.29 is 9.84 Å². The number of aromatic nitrogens is 1. The molecule has 0 saturated heterocycles. The average molecular weight is 328 g/mol. The number of aryl methyl sites for hydroxylation is 1. The molecule has 1 aromatic heterocycles. The first-order chi connectivity index (χ1) is 8.56. The Morgan fingerprint density at radius 3 is 2.89 bits per heavy atom. The van der Waals surface area contributed by atoms with Crippen LogP contribution in [-0.4, -0.2) is 10.1 Å². The number of benzene rings is 1. The Bertz CT molecular complexity index is 540. The van der Waals surface area contributed by atoms with Gasteiger partial charge in [-0.25, -0.2) is 4.98 Å². The van der Waals surface area contributed by atoms with Crippen molar-refractivity contribution in [1.82, 2.24) is 4.98 Å². The van der Waals surface area contributed by atoms with E-state index in [9.17, 15) is 5.11 Å². The molecule has 0 saturated carbocycles. The second-order valence-corrected chi connectivity index (χ2v) is 5.89. The summed E-state index contributed by atoms with van der Waals surface area (Å²) in [7, 11) is 0. The van der Waals surface area contributed by atoms with Gasteiger partial charge in [-0.2, -0.15) is 0 Å². The van der Waals surface area contributed by atoms with Gasteiger partial charge >= 0.3 is 0 Å². The quantitative estimate of drug-likeness (QED) is 0.927. The third-order valence-electron chi connectivity index (χ3n) is 2.44. The zero-order chi connectivity index (χ0) is 13.1. The molecule has 0 aliphatic heterocycles. The molecule has 96 valence electrons. The molecule has 2 aromatic rings. The fraction of sp³-hybridized carbons (Fsp3) is 0.308. The van der Waals surface area contributed by atoms with Crippen LogP contribution in [0.1, 0.15) is 29.3 Å². The van der Waals surface area contributed by atoms with Gasteiger partial charge in [0.1, 0.15) is 17.4 Å². The molecule has 5 heteroatoms. The summed E-state index contributed by atoms with van der Waals surface area (Å²) >= 11 is 4.97. The molecule has 3 nitrogen and oxygen atoms in total. The van der Waals surface area contributed by atoms with E-state index in [1.165, 1.54) is 0 Å². The number of halogens is 1. The molecular formula is C13H14BrNO2S. The Labute approximate surface area is 119 Å². The predicted octanol–water partition coefficient (Wildman–Crippen LogP) is 3.85. The second-order valence-electron chi connectivity index (χ2n) is 4.03. The third-order valence-corrected chi connectivity index (χ3v) is 3.87. The molecule has 1 aromatic carbocycles. The number of rotatable bonds is 4. The molecule has 0 amide bonds. The van der Waals surface area contributed by atoms with Gasteiger partial charge in [0.2, 0.25) is 0 Å². The first-order valence-electron chi connectivity index (χ1n) is 5.57. The molecule has 0 bridgehead atoms. The minimum atomic E-state index is -0.560. The molecule has 2 rings (SSSR count). The van der Waals surface area contributed by atoms with Crippen molar-refractivity contribution in [2.75, 3.05) is 0 Å². The van der Waals surface area contributed by atoms with Gasteiger partial charge in [0.25, 0.3) is 0 Å². The maximum absolute atomic E-state index is 9.72. The molecule has 18 heavy (non-hydrogen) atoms.